The van der Waals surface area contributed by atoms with Crippen molar-refractivity contribution in [3.8, 4) is 0 Å². The lowest BCUT2D eigenvalue weighted by Crippen LogP contribution is -2.47. The normalized spacial score (nSPS) is 19.4. The molecule has 1 fully saturated rings. The van der Waals surface area contributed by atoms with E-state index in [1.807, 2.05) is 65.6 Å². The number of piperidine rings is 1. The molecule has 4 heteroatoms. The molecule has 28 heavy (non-hydrogen) atoms. The Bertz CT molecular complexity index is 994. The Morgan fingerprint density at radius 3 is 2.43 bits per heavy atom. The molecular weight excluding hydrogens is 348 g/mol. The maximum absolute atomic E-state index is 13.6. The van der Waals surface area contributed by atoms with Gasteiger partial charge in [0.05, 0.1) is 6.04 Å². The van der Waals surface area contributed by atoms with Gasteiger partial charge in [0, 0.05) is 25.1 Å². The molecule has 2 atom stereocenters. The van der Waals surface area contributed by atoms with Gasteiger partial charge in [-0.05, 0) is 35.2 Å². The van der Waals surface area contributed by atoms with Crippen LogP contribution in [0.4, 0.5) is 0 Å². The van der Waals surface area contributed by atoms with Crippen LogP contribution in [0.5, 0.6) is 0 Å². The average Bonchev–Trinajstić information content (AvgIpc) is 2.73. The third-order valence-corrected chi connectivity index (χ3v) is 5.48. The van der Waals surface area contributed by atoms with Crippen LogP contribution in [0.2, 0.25) is 0 Å². The predicted molar refractivity (Wildman–Crippen MR) is 111 cm³/mol. The number of carbonyl (C=O) groups is 2. The standard InChI is InChI=1S/C24H24N2O2/c1-17(27)25-20-14-15-26(23(16-20)19-9-3-2-4-10-19)24(28)22-13-7-11-18-8-5-6-12-21(18)22/h2-13,20,23H,14-16H2,1H3,(H,25,27). The van der Waals surface area contributed by atoms with Crippen LogP contribution in [0.3, 0.4) is 0 Å². The number of benzene rings is 3. The Labute approximate surface area is 165 Å². The second-order valence-electron chi connectivity index (χ2n) is 7.37. The summed E-state index contributed by atoms with van der Waals surface area (Å²) in [6.07, 6.45) is 1.49. The molecule has 142 valence electrons. The van der Waals surface area contributed by atoms with Crippen molar-refractivity contribution < 1.29 is 9.59 Å². The Morgan fingerprint density at radius 1 is 0.929 bits per heavy atom. The molecule has 0 aromatic heterocycles. The Balaban J connectivity index is 1.69. The summed E-state index contributed by atoms with van der Waals surface area (Å²) in [5.41, 5.74) is 1.84. The highest BCUT2D eigenvalue weighted by Gasteiger charge is 2.33. The summed E-state index contributed by atoms with van der Waals surface area (Å²) in [5.74, 6) is 0.0255. The van der Waals surface area contributed by atoms with Crippen molar-refractivity contribution in [2.45, 2.75) is 31.8 Å². The molecule has 0 spiro atoms. The number of rotatable bonds is 3. The smallest absolute Gasteiger partial charge is 0.254 e. The second kappa shape index (κ2) is 7.85. The zero-order chi connectivity index (χ0) is 19.5. The van der Waals surface area contributed by atoms with Crippen molar-refractivity contribution in [3.63, 3.8) is 0 Å². The maximum Gasteiger partial charge on any atom is 0.254 e. The van der Waals surface area contributed by atoms with Gasteiger partial charge in [0.1, 0.15) is 0 Å². The average molecular weight is 372 g/mol. The first-order valence-corrected chi connectivity index (χ1v) is 9.74. The zero-order valence-corrected chi connectivity index (χ0v) is 16.0. The highest BCUT2D eigenvalue weighted by Crippen LogP contribution is 2.33. The van der Waals surface area contributed by atoms with Gasteiger partial charge in [-0.15, -0.1) is 0 Å². The SMILES string of the molecule is CC(=O)NC1CCN(C(=O)c2cccc3ccccc23)C(c2ccccc2)C1. The molecule has 0 radical (unpaired) electrons. The van der Waals surface area contributed by atoms with E-state index in [1.54, 1.807) is 6.92 Å². The first-order valence-electron chi connectivity index (χ1n) is 9.74. The van der Waals surface area contributed by atoms with Crippen LogP contribution in [0.25, 0.3) is 10.8 Å². The minimum Gasteiger partial charge on any atom is -0.353 e. The summed E-state index contributed by atoms with van der Waals surface area (Å²) in [4.78, 5) is 27.1. The van der Waals surface area contributed by atoms with Crippen molar-refractivity contribution in [2.75, 3.05) is 6.54 Å². The van der Waals surface area contributed by atoms with Gasteiger partial charge in [-0.1, -0.05) is 66.7 Å². The molecule has 3 aromatic rings. The van der Waals surface area contributed by atoms with E-state index < -0.39 is 0 Å². The number of fused-ring (bicyclic) bond motifs is 1. The minimum absolute atomic E-state index is 0.0226. The van der Waals surface area contributed by atoms with Gasteiger partial charge in [0.25, 0.3) is 5.91 Å². The van der Waals surface area contributed by atoms with E-state index in [-0.39, 0.29) is 23.9 Å². The van der Waals surface area contributed by atoms with Gasteiger partial charge in [0.2, 0.25) is 5.91 Å². The molecule has 1 aliphatic heterocycles. The van der Waals surface area contributed by atoms with E-state index in [9.17, 15) is 9.59 Å². The quantitative estimate of drug-likeness (QED) is 0.744. The highest BCUT2D eigenvalue weighted by molar-refractivity contribution is 6.07. The van der Waals surface area contributed by atoms with E-state index in [2.05, 4.69) is 17.4 Å². The largest absolute Gasteiger partial charge is 0.353 e. The van der Waals surface area contributed by atoms with Crippen molar-refractivity contribution in [1.82, 2.24) is 10.2 Å². The number of nitrogens with zero attached hydrogens (tertiary/aromatic N) is 1. The van der Waals surface area contributed by atoms with E-state index in [0.29, 0.717) is 6.54 Å². The third kappa shape index (κ3) is 3.63. The molecule has 1 N–H and O–H groups in total. The summed E-state index contributed by atoms with van der Waals surface area (Å²) in [6.45, 7) is 2.16. The molecule has 4 nitrogen and oxygen atoms in total. The van der Waals surface area contributed by atoms with Crippen molar-refractivity contribution in [2.24, 2.45) is 0 Å². The molecular formula is C24H24N2O2. The van der Waals surface area contributed by atoms with Crippen LogP contribution >= 0.6 is 0 Å². The molecule has 0 bridgehead atoms. The third-order valence-electron chi connectivity index (χ3n) is 5.48. The van der Waals surface area contributed by atoms with Crippen LogP contribution in [-0.2, 0) is 4.79 Å². The maximum atomic E-state index is 13.6. The Hall–Kier alpha value is -3.14. The minimum atomic E-state index is -0.0572. The number of likely N-dealkylation sites (tertiary alicyclic amines) is 1. The number of hydrogen-bond acceptors (Lipinski definition) is 2. The molecule has 1 aliphatic rings. The fraction of sp³-hybridized carbons (Fsp3) is 0.250. The van der Waals surface area contributed by atoms with Crippen molar-refractivity contribution in [3.05, 3.63) is 83.9 Å². The molecule has 2 amide bonds. The van der Waals surface area contributed by atoms with Crippen molar-refractivity contribution in [1.29, 1.82) is 0 Å². The van der Waals surface area contributed by atoms with Gasteiger partial charge in [-0.3, -0.25) is 9.59 Å². The summed E-state index contributed by atoms with van der Waals surface area (Å²) in [5, 5.41) is 5.08. The number of carbonyl (C=O) groups excluding carboxylic acids is 2. The summed E-state index contributed by atoms with van der Waals surface area (Å²) in [7, 11) is 0. The van der Waals surface area contributed by atoms with E-state index in [0.717, 1.165) is 34.7 Å². The van der Waals surface area contributed by atoms with Crippen LogP contribution < -0.4 is 5.32 Å². The molecule has 2 unspecified atom stereocenters. The highest BCUT2D eigenvalue weighted by atomic mass is 16.2. The Kier molecular flexibility index (Phi) is 5.11. The van der Waals surface area contributed by atoms with Crippen molar-refractivity contribution >= 4 is 22.6 Å². The lowest BCUT2D eigenvalue weighted by atomic mass is 9.90. The number of nitrogens with one attached hydrogen (secondary N) is 1. The molecule has 1 heterocycles. The van der Waals surface area contributed by atoms with Crippen LogP contribution in [-0.4, -0.2) is 29.3 Å². The van der Waals surface area contributed by atoms with Gasteiger partial charge < -0.3 is 10.2 Å². The molecule has 3 aromatic carbocycles. The summed E-state index contributed by atoms with van der Waals surface area (Å²) in [6, 6.07) is 24.0. The van der Waals surface area contributed by atoms with Gasteiger partial charge in [0.15, 0.2) is 0 Å². The van der Waals surface area contributed by atoms with E-state index in [4.69, 9.17) is 0 Å². The zero-order valence-electron chi connectivity index (χ0n) is 16.0. The first-order chi connectivity index (χ1) is 13.6. The van der Waals surface area contributed by atoms with E-state index >= 15 is 0 Å². The van der Waals surface area contributed by atoms with Crippen LogP contribution in [0.1, 0.15) is 41.7 Å². The summed E-state index contributed by atoms with van der Waals surface area (Å²) < 4.78 is 0. The van der Waals surface area contributed by atoms with Crippen LogP contribution in [0, 0.1) is 0 Å². The summed E-state index contributed by atoms with van der Waals surface area (Å²) >= 11 is 0. The molecule has 4 rings (SSSR count). The predicted octanol–water partition coefficient (Wildman–Crippen LogP) is 4.32. The fourth-order valence-corrected chi connectivity index (χ4v) is 4.18. The van der Waals surface area contributed by atoms with Gasteiger partial charge in [-0.25, -0.2) is 0 Å². The van der Waals surface area contributed by atoms with Crippen LogP contribution in [0.15, 0.2) is 72.8 Å². The lowest BCUT2D eigenvalue weighted by molar-refractivity contribution is -0.120. The number of amides is 2. The fourth-order valence-electron chi connectivity index (χ4n) is 4.18. The topological polar surface area (TPSA) is 49.4 Å². The monoisotopic (exact) mass is 372 g/mol. The molecule has 0 aliphatic carbocycles. The van der Waals surface area contributed by atoms with Gasteiger partial charge in [-0.2, -0.15) is 0 Å². The lowest BCUT2D eigenvalue weighted by Gasteiger charge is -2.40. The number of hydrogen-bond donors (Lipinski definition) is 1. The second-order valence-corrected chi connectivity index (χ2v) is 7.37. The first kappa shape index (κ1) is 18.2. The van der Waals surface area contributed by atoms with E-state index in [1.165, 1.54) is 0 Å². The molecule has 1 saturated heterocycles. The Morgan fingerprint density at radius 2 is 1.64 bits per heavy atom. The van der Waals surface area contributed by atoms with Gasteiger partial charge >= 0.3 is 0 Å². The molecule has 0 saturated carbocycles.